The molecule has 0 saturated heterocycles. The lowest BCUT2D eigenvalue weighted by Gasteiger charge is -2.14. The van der Waals surface area contributed by atoms with Crippen LogP contribution in [0.25, 0.3) is 11.1 Å². The van der Waals surface area contributed by atoms with Gasteiger partial charge in [-0.2, -0.15) is 5.10 Å². The fourth-order valence-electron chi connectivity index (χ4n) is 6.51. The molecular formula is C47H51BBrN3O12. The Morgan fingerprint density at radius 3 is 1.70 bits per heavy atom. The van der Waals surface area contributed by atoms with Crippen molar-refractivity contribution in [1.29, 1.82) is 0 Å². The first-order chi connectivity index (χ1) is 30.7. The highest BCUT2D eigenvalue weighted by molar-refractivity contribution is 9.12. The van der Waals surface area contributed by atoms with Gasteiger partial charge in [0.25, 0.3) is 0 Å². The van der Waals surface area contributed by atoms with Crippen molar-refractivity contribution in [1.82, 2.24) is 10.2 Å². The van der Waals surface area contributed by atoms with Crippen LogP contribution in [0, 0.1) is 0 Å². The molecule has 0 amide bonds. The van der Waals surface area contributed by atoms with Gasteiger partial charge in [-0.05, 0) is 105 Å². The van der Waals surface area contributed by atoms with Crippen LogP contribution in [0.15, 0.2) is 107 Å². The highest BCUT2D eigenvalue weighted by Crippen LogP contribution is 2.32. The molecule has 0 saturated carbocycles. The summed E-state index contributed by atoms with van der Waals surface area (Å²) < 4.78 is 31.1. The first kappa shape index (κ1) is 50.1. The number of nitrogens with one attached hydrogen (secondary N) is 1. The second-order valence-corrected chi connectivity index (χ2v) is 15.1. The fourth-order valence-corrected chi connectivity index (χ4v) is 6.94. The van der Waals surface area contributed by atoms with Crippen molar-refractivity contribution in [2.75, 3.05) is 49.2 Å². The minimum absolute atomic E-state index is 0.0109. The minimum atomic E-state index is -1.60. The number of aliphatic imine (C=N–C) groups is 1. The lowest BCUT2D eigenvalue weighted by Crippen LogP contribution is -2.30. The van der Waals surface area contributed by atoms with E-state index in [1.165, 1.54) is 46.8 Å². The fraction of sp³-hybridized carbons (Fsp3) is 0.277. The van der Waals surface area contributed by atoms with Crippen molar-refractivity contribution in [3.8, 4) is 34.1 Å². The minimum Gasteiger partial charge on any atom is -0.497 e. The van der Waals surface area contributed by atoms with E-state index in [1.54, 1.807) is 38.5 Å². The number of ketones is 2. The van der Waals surface area contributed by atoms with Crippen LogP contribution >= 0.6 is 15.9 Å². The largest absolute Gasteiger partial charge is 0.497 e. The summed E-state index contributed by atoms with van der Waals surface area (Å²) in [7, 11) is 7.23. The zero-order valence-corrected chi connectivity index (χ0v) is 38.4. The van der Waals surface area contributed by atoms with E-state index in [0.717, 1.165) is 27.1 Å². The van der Waals surface area contributed by atoms with Crippen LogP contribution in [0.5, 0.6) is 23.0 Å². The second kappa shape index (κ2) is 24.3. The van der Waals surface area contributed by atoms with E-state index in [4.69, 9.17) is 23.7 Å². The Balaban J connectivity index is 0.000000235. The number of rotatable bonds is 16. The van der Waals surface area contributed by atoms with Gasteiger partial charge in [0.05, 0.1) is 66.5 Å². The number of esters is 2. The molecule has 1 aromatic heterocycles. The molecule has 17 heteroatoms. The molecule has 0 radical (unpaired) electrons. The van der Waals surface area contributed by atoms with E-state index in [-0.39, 0.29) is 40.5 Å². The molecule has 64 heavy (non-hydrogen) atoms. The number of aromatic nitrogens is 2. The van der Waals surface area contributed by atoms with Crippen molar-refractivity contribution < 1.29 is 57.6 Å². The molecule has 0 unspecified atom stereocenters. The van der Waals surface area contributed by atoms with Gasteiger partial charge in [-0.1, -0.05) is 50.2 Å². The summed E-state index contributed by atoms with van der Waals surface area (Å²) in [6.45, 7) is 4.54. The summed E-state index contributed by atoms with van der Waals surface area (Å²) in [6.07, 6.45) is 3.98. The number of carbonyl (C=O) groups excluding carboxylic acids is 4. The predicted molar refractivity (Wildman–Crippen MR) is 247 cm³/mol. The van der Waals surface area contributed by atoms with Crippen LogP contribution in [-0.2, 0) is 14.3 Å². The normalized spacial score (nSPS) is 12.4. The van der Waals surface area contributed by atoms with E-state index >= 15 is 0 Å². The van der Waals surface area contributed by atoms with Crippen molar-refractivity contribution in [2.24, 2.45) is 4.99 Å². The number of nitrogens with zero attached hydrogens (tertiary/aromatic N) is 2. The van der Waals surface area contributed by atoms with Crippen LogP contribution in [0.4, 0.5) is 0 Å². The third-order valence-electron chi connectivity index (χ3n) is 10.1. The smallest absolute Gasteiger partial charge is 0.488 e. The quantitative estimate of drug-likeness (QED) is 0.0523. The molecule has 0 spiro atoms. The molecule has 1 aliphatic heterocycles. The van der Waals surface area contributed by atoms with Gasteiger partial charge >= 0.3 is 19.1 Å². The lowest BCUT2D eigenvalue weighted by molar-refractivity contribution is -0.132. The third-order valence-corrected chi connectivity index (χ3v) is 10.8. The Kier molecular flexibility index (Phi) is 19.0. The van der Waals surface area contributed by atoms with Crippen molar-refractivity contribution >= 4 is 57.7 Å². The van der Waals surface area contributed by atoms with Gasteiger partial charge in [0.2, 0.25) is 0 Å². The maximum Gasteiger partial charge on any atom is 0.488 e. The Morgan fingerprint density at radius 1 is 0.703 bits per heavy atom. The number of halogens is 1. The van der Waals surface area contributed by atoms with Gasteiger partial charge in [-0.15, -0.1) is 0 Å². The number of aromatic amines is 1. The maximum atomic E-state index is 13.0. The summed E-state index contributed by atoms with van der Waals surface area (Å²) in [5.41, 5.74) is 5.12. The molecule has 0 aliphatic carbocycles. The van der Waals surface area contributed by atoms with E-state index < -0.39 is 13.1 Å². The number of ether oxygens (including phenoxy) is 6. The number of Topliss-reactive ketones (excluding diaryl/α,β-unsaturated/α-hetero) is 2. The molecule has 5 aromatic rings. The molecular weight excluding hydrogens is 889 g/mol. The van der Waals surface area contributed by atoms with Crippen molar-refractivity contribution in [2.45, 2.75) is 38.5 Å². The highest BCUT2D eigenvalue weighted by Gasteiger charge is 2.23. The number of benzene rings is 4. The van der Waals surface area contributed by atoms with E-state index in [2.05, 4.69) is 35.9 Å². The molecule has 15 nitrogen and oxygen atoms in total. The Hall–Kier alpha value is -6.56. The molecule has 0 bridgehead atoms. The maximum absolute atomic E-state index is 13.0. The summed E-state index contributed by atoms with van der Waals surface area (Å²) in [6, 6.07) is 25.1. The number of hydrogen-bond acceptors (Lipinski definition) is 14. The van der Waals surface area contributed by atoms with E-state index in [9.17, 15) is 29.2 Å². The summed E-state index contributed by atoms with van der Waals surface area (Å²) in [4.78, 5) is 52.2. The molecule has 4 aromatic carbocycles. The summed E-state index contributed by atoms with van der Waals surface area (Å²) in [5, 5.41) is 25.0. The number of H-pyrrole nitrogens is 1. The SMILES string of the molecule is COC(=O)C1=NCC=C1Br.COC(=O)c1[nH]ncc1-c1ccc(C(=O)C[C@H](C)c2cccc(OC)c2)c(OC)c1.COc1cccc([C@@H](C)CC(=O)c2ccc(B(O)O)cc2OC)c1. The summed E-state index contributed by atoms with van der Waals surface area (Å²) >= 11 is 3.18. The zero-order chi connectivity index (χ0) is 46.9. The molecule has 0 fully saturated rings. The monoisotopic (exact) mass is 939 g/mol. The number of carbonyl (C=O) groups is 4. The van der Waals surface area contributed by atoms with Gasteiger partial charge in [-0.25, -0.2) is 9.59 Å². The predicted octanol–water partition coefficient (Wildman–Crippen LogP) is 6.91. The average Bonchev–Trinajstić information content (AvgIpc) is 4.00. The topological polar surface area (TPSA) is 205 Å². The Bertz CT molecular complexity index is 2480. The van der Waals surface area contributed by atoms with Crippen LogP contribution in [0.2, 0.25) is 0 Å². The standard InChI is InChI=1S/C23H24N2O5.C18H21BO5.C6H6BrNO2/c1-14(15-6-5-7-17(11-15)28-2)10-20(26)18-9-8-16(12-21(18)29-3)19-13-24-25-22(19)23(27)30-4;1-12(13-5-4-6-15(10-13)23-2)9-17(20)16-8-7-14(19(21)22)11-18(16)24-3;1-10-6(9)5-4(7)2-3-8-5/h5-9,11-14H,10H2,1-4H3,(H,24,25);4-8,10-12,21-22H,9H2,1-3H3;2H,3H2,1H3/t14-;12-;/m00./s1. The first-order valence-corrected chi connectivity index (χ1v) is 20.7. The zero-order valence-electron chi connectivity index (χ0n) is 36.8. The molecule has 6 rings (SSSR count). The number of methoxy groups -OCH3 is 6. The van der Waals surface area contributed by atoms with Crippen molar-refractivity contribution in [3.63, 3.8) is 0 Å². The molecule has 2 atom stereocenters. The first-order valence-electron chi connectivity index (χ1n) is 19.9. The summed E-state index contributed by atoms with van der Waals surface area (Å²) in [5.74, 6) is 1.30. The van der Waals surface area contributed by atoms with Gasteiger partial charge in [-0.3, -0.25) is 19.7 Å². The lowest BCUT2D eigenvalue weighted by atomic mass is 9.79. The van der Waals surface area contributed by atoms with Crippen LogP contribution < -0.4 is 24.4 Å². The molecule has 3 N–H and O–H groups in total. The van der Waals surface area contributed by atoms with E-state index in [1.807, 2.05) is 68.5 Å². The van der Waals surface area contributed by atoms with E-state index in [0.29, 0.717) is 58.9 Å². The molecule has 2 heterocycles. The Morgan fingerprint density at radius 2 is 1.23 bits per heavy atom. The van der Waals surface area contributed by atoms with Crippen LogP contribution in [0.3, 0.4) is 0 Å². The van der Waals surface area contributed by atoms with Crippen molar-refractivity contribution in [3.05, 3.63) is 130 Å². The van der Waals surface area contributed by atoms with Crippen LogP contribution in [0.1, 0.15) is 80.9 Å². The molecule has 1 aliphatic rings. The third kappa shape index (κ3) is 13.2. The van der Waals surface area contributed by atoms with Gasteiger partial charge in [0.15, 0.2) is 23.0 Å². The second-order valence-electron chi connectivity index (χ2n) is 14.2. The number of hydrogen-bond donors (Lipinski definition) is 3. The van der Waals surface area contributed by atoms with Gasteiger partial charge < -0.3 is 38.5 Å². The average molecular weight is 941 g/mol. The molecule has 336 valence electrons. The van der Waals surface area contributed by atoms with Gasteiger partial charge in [0.1, 0.15) is 23.0 Å². The van der Waals surface area contributed by atoms with Gasteiger partial charge in [0, 0.05) is 22.9 Å². The highest BCUT2D eigenvalue weighted by atomic mass is 79.9. The Labute approximate surface area is 380 Å². The van der Waals surface area contributed by atoms with Crippen LogP contribution in [-0.4, -0.2) is 106 Å².